The Balaban J connectivity index is 2.17. The normalized spacial score (nSPS) is 10.9. The zero-order chi connectivity index (χ0) is 11.4. The minimum absolute atomic E-state index is 0.737. The highest BCUT2D eigenvalue weighted by Crippen LogP contribution is 2.21. The SMILES string of the molecule is CC(C)CCNc1cccc2ccncc12. The maximum Gasteiger partial charge on any atom is 0.0435 e. The number of rotatable bonds is 4. The first-order valence-electron chi connectivity index (χ1n) is 5.84. The third-order valence-electron chi connectivity index (χ3n) is 2.72. The zero-order valence-electron chi connectivity index (χ0n) is 9.90. The van der Waals surface area contributed by atoms with Crippen molar-refractivity contribution >= 4 is 16.5 Å². The van der Waals surface area contributed by atoms with Crippen LogP contribution in [-0.2, 0) is 0 Å². The van der Waals surface area contributed by atoms with E-state index in [0.717, 1.165) is 12.5 Å². The molecule has 1 aromatic carbocycles. The van der Waals surface area contributed by atoms with Gasteiger partial charge in [0, 0.05) is 30.0 Å². The first-order chi connectivity index (χ1) is 7.77. The lowest BCUT2D eigenvalue weighted by Crippen LogP contribution is -2.04. The monoisotopic (exact) mass is 214 g/mol. The summed E-state index contributed by atoms with van der Waals surface area (Å²) in [6.45, 7) is 5.50. The van der Waals surface area contributed by atoms with Crippen LogP contribution in [0.25, 0.3) is 10.8 Å². The van der Waals surface area contributed by atoms with Crippen LogP contribution < -0.4 is 5.32 Å². The molecule has 84 valence electrons. The molecule has 1 heterocycles. The molecule has 0 radical (unpaired) electrons. The lowest BCUT2D eigenvalue weighted by atomic mass is 10.1. The van der Waals surface area contributed by atoms with Crippen molar-refractivity contribution in [1.29, 1.82) is 0 Å². The van der Waals surface area contributed by atoms with Crippen molar-refractivity contribution in [2.75, 3.05) is 11.9 Å². The quantitative estimate of drug-likeness (QED) is 0.839. The molecule has 0 fully saturated rings. The molecular formula is C14H18N2. The molecule has 0 bridgehead atoms. The molecule has 16 heavy (non-hydrogen) atoms. The standard InChI is InChI=1S/C14H18N2/c1-11(2)6-9-16-14-5-3-4-12-7-8-15-10-13(12)14/h3-5,7-8,10-11,16H,6,9H2,1-2H3. The lowest BCUT2D eigenvalue weighted by molar-refractivity contribution is 0.607. The number of hydrogen-bond acceptors (Lipinski definition) is 2. The van der Waals surface area contributed by atoms with Gasteiger partial charge < -0.3 is 5.32 Å². The van der Waals surface area contributed by atoms with E-state index in [0.29, 0.717) is 0 Å². The van der Waals surface area contributed by atoms with Crippen LogP contribution >= 0.6 is 0 Å². The highest BCUT2D eigenvalue weighted by molar-refractivity contribution is 5.92. The number of nitrogens with zero attached hydrogens (tertiary/aromatic N) is 1. The van der Waals surface area contributed by atoms with E-state index < -0.39 is 0 Å². The number of pyridine rings is 1. The Hall–Kier alpha value is -1.57. The number of hydrogen-bond donors (Lipinski definition) is 1. The lowest BCUT2D eigenvalue weighted by Gasteiger charge is -2.10. The molecule has 1 N–H and O–H groups in total. The fraction of sp³-hybridized carbons (Fsp3) is 0.357. The van der Waals surface area contributed by atoms with Crippen LogP contribution in [0.3, 0.4) is 0 Å². The van der Waals surface area contributed by atoms with Gasteiger partial charge in [0.1, 0.15) is 0 Å². The molecule has 0 spiro atoms. The van der Waals surface area contributed by atoms with Crippen molar-refractivity contribution in [1.82, 2.24) is 4.98 Å². The van der Waals surface area contributed by atoms with Gasteiger partial charge in [-0.1, -0.05) is 26.0 Å². The zero-order valence-corrected chi connectivity index (χ0v) is 9.90. The van der Waals surface area contributed by atoms with Crippen molar-refractivity contribution in [2.45, 2.75) is 20.3 Å². The second kappa shape index (κ2) is 4.97. The van der Waals surface area contributed by atoms with E-state index >= 15 is 0 Å². The fourth-order valence-corrected chi connectivity index (χ4v) is 1.76. The molecule has 0 aliphatic rings. The largest absolute Gasteiger partial charge is 0.384 e. The van der Waals surface area contributed by atoms with E-state index in [1.807, 2.05) is 18.5 Å². The maximum absolute atomic E-state index is 4.18. The second-order valence-corrected chi connectivity index (χ2v) is 4.51. The van der Waals surface area contributed by atoms with Crippen LogP contribution in [0.1, 0.15) is 20.3 Å². The first kappa shape index (κ1) is 10.9. The molecule has 0 saturated carbocycles. The third-order valence-corrected chi connectivity index (χ3v) is 2.72. The fourth-order valence-electron chi connectivity index (χ4n) is 1.76. The summed E-state index contributed by atoms with van der Waals surface area (Å²) >= 11 is 0. The molecule has 0 amide bonds. The first-order valence-corrected chi connectivity index (χ1v) is 5.84. The average Bonchev–Trinajstić information content (AvgIpc) is 2.29. The van der Waals surface area contributed by atoms with Gasteiger partial charge in [0.05, 0.1) is 0 Å². The molecule has 0 unspecified atom stereocenters. The van der Waals surface area contributed by atoms with Crippen LogP contribution in [0.2, 0.25) is 0 Å². The van der Waals surface area contributed by atoms with Gasteiger partial charge in [-0.15, -0.1) is 0 Å². The van der Waals surface area contributed by atoms with E-state index in [1.54, 1.807) is 0 Å². The predicted octanol–water partition coefficient (Wildman–Crippen LogP) is 3.69. The van der Waals surface area contributed by atoms with Gasteiger partial charge in [0.25, 0.3) is 0 Å². The number of nitrogens with one attached hydrogen (secondary N) is 1. The van der Waals surface area contributed by atoms with E-state index in [9.17, 15) is 0 Å². The summed E-state index contributed by atoms with van der Waals surface area (Å²) in [5, 5.41) is 5.92. The Kier molecular flexibility index (Phi) is 3.40. The van der Waals surface area contributed by atoms with E-state index in [-0.39, 0.29) is 0 Å². The Morgan fingerprint density at radius 1 is 1.25 bits per heavy atom. The van der Waals surface area contributed by atoms with Crippen LogP contribution in [0.15, 0.2) is 36.7 Å². The summed E-state index contributed by atoms with van der Waals surface area (Å²) < 4.78 is 0. The van der Waals surface area contributed by atoms with Gasteiger partial charge in [-0.05, 0) is 29.9 Å². The van der Waals surface area contributed by atoms with E-state index in [4.69, 9.17) is 0 Å². The average molecular weight is 214 g/mol. The summed E-state index contributed by atoms with van der Waals surface area (Å²) in [5.74, 6) is 0.737. The minimum Gasteiger partial charge on any atom is -0.384 e. The van der Waals surface area contributed by atoms with Crippen LogP contribution in [-0.4, -0.2) is 11.5 Å². The van der Waals surface area contributed by atoms with Crippen LogP contribution in [0, 0.1) is 5.92 Å². The molecule has 0 aliphatic heterocycles. The van der Waals surface area contributed by atoms with Gasteiger partial charge in [0.2, 0.25) is 0 Å². The summed E-state index contributed by atoms with van der Waals surface area (Å²) in [6.07, 6.45) is 4.95. The van der Waals surface area contributed by atoms with Crippen molar-refractivity contribution in [3.05, 3.63) is 36.7 Å². The highest BCUT2D eigenvalue weighted by atomic mass is 14.9. The molecule has 1 aromatic heterocycles. The van der Waals surface area contributed by atoms with Gasteiger partial charge in [-0.25, -0.2) is 0 Å². The molecule has 2 nitrogen and oxygen atoms in total. The molecule has 2 aromatic rings. The van der Waals surface area contributed by atoms with Crippen molar-refractivity contribution < 1.29 is 0 Å². The van der Waals surface area contributed by atoms with E-state index in [1.165, 1.54) is 22.9 Å². The molecule has 0 aliphatic carbocycles. The Bertz CT molecular complexity index is 458. The van der Waals surface area contributed by atoms with Gasteiger partial charge in [0.15, 0.2) is 0 Å². The van der Waals surface area contributed by atoms with Crippen molar-refractivity contribution in [3.63, 3.8) is 0 Å². The van der Waals surface area contributed by atoms with Crippen LogP contribution in [0.5, 0.6) is 0 Å². The Morgan fingerprint density at radius 2 is 2.12 bits per heavy atom. The topological polar surface area (TPSA) is 24.9 Å². The smallest absolute Gasteiger partial charge is 0.0435 e. The molecule has 2 rings (SSSR count). The number of fused-ring (bicyclic) bond motifs is 1. The predicted molar refractivity (Wildman–Crippen MR) is 69.7 cm³/mol. The molecule has 2 heteroatoms. The maximum atomic E-state index is 4.18. The number of aromatic nitrogens is 1. The Morgan fingerprint density at radius 3 is 2.94 bits per heavy atom. The van der Waals surface area contributed by atoms with Gasteiger partial charge >= 0.3 is 0 Å². The van der Waals surface area contributed by atoms with Crippen LogP contribution in [0.4, 0.5) is 5.69 Å². The summed E-state index contributed by atoms with van der Waals surface area (Å²) in [5.41, 5.74) is 1.19. The Labute approximate surface area is 96.7 Å². The number of anilines is 1. The second-order valence-electron chi connectivity index (χ2n) is 4.51. The van der Waals surface area contributed by atoms with Crippen molar-refractivity contribution in [2.24, 2.45) is 5.92 Å². The highest BCUT2D eigenvalue weighted by Gasteiger charge is 2.00. The summed E-state index contributed by atoms with van der Waals surface area (Å²) in [4.78, 5) is 4.18. The molecule has 0 atom stereocenters. The van der Waals surface area contributed by atoms with Crippen molar-refractivity contribution in [3.8, 4) is 0 Å². The third kappa shape index (κ3) is 2.51. The van der Waals surface area contributed by atoms with Gasteiger partial charge in [-0.3, -0.25) is 4.98 Å². The molecular weight excluding hydrogens is 196 g/mol. The minimum atomic E-state index is 0.737. The summed E-state index contributed by atoms with van der Waals surface area (Å²) in [7, 11) is 0. The number of benzene rings is 1. The summed E-state index contributed by atoms with van der Waals surface area (Å²) in [6, 6.07) is 8.36. The molecule has 0 saturated heterocycles. The van der Waals surface area contributed by atoms with E-state index in [2.05, 4.69) is 42.3 Å². The van der Waals surface area contributed by atoms with Gasteiger partial charge in [-0.2, -0.15) is 0 Å².